The summed E-state index contributed by atoms with van der Waals surface area (Å²) in [5.74, 6) is 3.17. The summed E-state index contributed by atoms with van der Waals surface area (Å²) in [4.78, 5) is 8.50. The van der Waals surface area contributed by atoms with Crippen molar-refractivity contribution in [3.05, 3.63) is 29.6 Å². The minimum absolute atomic E-state index is 0.151. The molecule has 1 aromatic rings. The van der Waals surface area contributed by atoms with Gasteiger partial charge in [-0.25, -0.2) is 4.99 Å². The summed E-state index contributed by atoms with van der Waals surface area (Å²) in [6.07, 6.45) is 8.65. The van der Waals surface area contributed by atoms with Crippen molar-refractivity contribution < 1.29 is 4.74 Å². The third-order valence-corrected chi connectivity index (χ3v) is 2.12. The molecule has 0 bridgehead atoms. The van der Waals surface area contributed by atoms with Gasteiger partial charge < -0.3 is 4.74 Å². The molecular weight excluding hydrogens is 188 g/mol. The Bertz CT molecular complexity index is 455. The van der Waals surface area contributed by atoms with Crippen LogP contribution in [0.4, 0.5) is 0 Å². The van der Waals surface area contributed by atoms with Crippen molar-refractivity contribution in [3.8, 4) is 12.3 Å². The first-order chi connectivity index (χ1) is 7.11. The zero-order valence-electron chi connectivity index (χ0n) is 8.82. The van der Waals surface area contributed by atoms with Crippen LogP contribution in [0.3, 0.4) is 0 Å². The third-order valence-electron chi connectivity index (χ3n) is 2.12. The van der Waals surface area contributed by atoms with Gasteiger partial charge in [-0.3, -0.25) is 4.98 Å². The van der Waals surface area contributed by atoms with Crippen molar-refractivity contribution >= 4 is 5.90 Å². The van der Waals surface area contributed by atoms with Crippen LogP contribution in [-0.2, 0) is 4.74 Å². The zero-order chi connectivity index (χ0) is 10.9. The molecule has 2 rings (SSSR count). The van der Waals surface area contributed by atoms with Crippen molar-refractivity contribution in [1.82, 2.24) is 4.98 Å². The minimum Gasteiger partial charge on any atom is -0.475 e. The lowest BCUT2D eigenvalue weighted by Crippen LogP contribution is -2.17. The van der Waals surface area contributed by atoms with Gasteiger partial charge in [-0.2, -0.15) is 0 Å². The number of terminal acetylenes is 1. The van der Waals surface area contributed by atoms with Crippen LogP contribution >= 0.6 is 0 Å². The number of aromatic nitrogens is 1. The molecule has 0 radical (unpaired) electrons. The number of hydrogen-bond donors (Lipinski definition) is 0. The second kappa shape index (κ2) is 3.39. The van der Waals surface area contributed by atoms with Gasteiger partial charge in [0.25, 0.3) is 0 Å². The first-order valence-corrected chi connectivity index (χ1v) is 4.75. The first-order valence-electron chi connectivity index (χ1n) is 4.75. The van der Waals surface area contributed by atoms with Crippen LogP contribution in [0, 0.1) is 12.3 Å². The van der Waals surface area contributed by atoms with Gasteiger partial charge in [0.2, 0.25) is 5.90 Å². The molecule has 0 saturated heterocycles. The molecule has 0 spiro atoms. The van der Waals surface area contributed by atoms with Crippen molar-refractivity contribution in [2.75, 3.05) is 6.61 Å². The fourth-order valence-electron chi connectivity index (χ4n) is 1.37. The van der Waals surface area contributed by atoms with E-state index in [0.717, 1.165) is 11.1 Å². The Balaban J connectivity index is 2.36. The van der Waals surface area contributed by atoms with Crippen LogP contribution in [0.25, 0.3) is 0 Å². The maximum Gasteiger partial charge on any atom is 0.218 e. The summed E-state index contributed by atoms with van der Waals surface area (Å²) < 4.78 is 5.50. The molecule has 2 heterocycles. The molecule has 0 amide bonds. The predicted octanol–water partition coefficient (Wildman–Crippen LogP) is 1.62. The van der Waals surface area contributed by atoms with Crippen molar-refractivity contribution in [1.29, 1.82) is 0 Å². The second-order valence-corrected chi connectivity index (χ2v) is 4.12. The summed E-state index contributed by atoms with van der Waals surface area (Å²) in [5, 5.41) is 0. The van der Waals surface area contributed by atoms with Crippen LogP contribution in [0.15, 0.2) is 23.5 Å². The number of nitrogens with zero attached hydrogens (tertiary/aromatic N) is 2. The molecule has 0 saturated carbocycles. The molecule has 1 aromatic heterocycles. The van der Waals surface area contributed by atoms with Crippen LogP contribution in [-0.4, -0.2) is 23.0 Å². The number of ether oxygens (including phenoxy) is 1. The predicted molar refractivity (Wildman–Crippen MR) is 58.7 cm³/mol. The molecule has 0 aliphatic carbocycles. The molecule has 1 aliphatic rings. The van der Waals surface area contributed by atoms with E-state index in [9.17, 15) is 0 Å². The fraction of sp³-hybridized carbons (Fsp3) is 0.333. The molecule has 0 unspecified atom stereocenters. The molecule has 0 aromatic carbocycles. The monoisotopic (exact) mass is 200 g/mol. The van der Waals surface area contributed by atoms with E-state index < -0.39 is 0 Å². The lowest BCUT2D eigenvalue weighted by atomic mass is 10.1. The Morgan fingerprint density at radius 2 is 2.27 bits per heavy atom. The van der Waals surface area contributed by atoms with E-state index in [0.29, 0.717) is 12.5 Å². The van der Waals surface area contributed by atoms with Gasteiger partial charge in [0.1, 0.15) is 6.61 Å². The van der Waals surface area contributed by atoms with E-state index in [1.165, 1.54) is 0 Å². The smallest absolute Gasteiger partial charge is 0.218 e. The SMILES string of the molecule is C#Cc1cncc(C2=NC(C)(C)CO2)c1. The van der Waals surface area contributed by atoms with Gasteiger partial charge in [0.15, 0.2) is 0 Å². The van der Waals surface area contributed by atoms with Crippen molar-refractivity contribution in [2.45, 2.75) is 19.4 Å². The molecule has 0 atom stereocenters. The molecule has 3 heteroatoms. The Morgan fingerprint density at radius 3 is 2.87 bits per heavy atom. The summed E-state index contributed by atoms with van der Waals surface area (Å²) in [6.45, 7) is 4.65. The lowest BCUT2D eigenvalue weighted by Gasteiger charge is -2.07. The Kier molecular flexibility index (Phi) is 2.20. The molecule has 76 valence electrons. The van der Waals surface area contributed by atoms with Gasteiger partial charge in [-0.15, -0.1) is 6.42 Å². The first kappa shape index (κ1) is 9.72. The summed E-state index contributed by atoms with van der Waals surface area (Å²) in [7, 11) is 0. The third kappa shape index (κ3) is 1.99. The van der Waals surface area contributed by atoms with Gasteiger partial charge in [0, 0.05) is 18.0 Å². The Morgan fingerprint density at radius 1 is 1.47 bits per heavy atom. The summed E-state index contributed by atoms with van der Waals surface area (Å²) >= 11 is 0. The van der Waals surface area contributed by atoms with Gasteiger partial charge in [0.05, 0.1) is 11.1 Å². The average molecular weight is 200 g/mol. The molecule has 0 N–H and O–H groups in total. The minimum atomic E-state index is -0.151. The largest absolute Gasteiger partial charge is 0.475 e. The Hall–Kier alpha value is -1.82. The molecule has 0 fully saturated rings. The van der Waals surface area contributed by atoms with Gasteiger partial charge >= 0.3 is 0 Å². The van der Waals surface area contributed by atoms with E-state index in [1.54, 1.807) is 12.4 Å². The second-order valence-electron chi connectivity index (χ2n) is 4.12. The van der Waals surface area contributed by atoms with Crippen LogP contribution < -0.4 is 0 Å². The van der Waals surface area contributed by atoms with E-state index in [-0.39, 0.29) is 5.54 Å². The number of pyridine rings is 1. The molecule has 1 aliphatic heterocycles. The van der Waals surface area contributed by atoms with Crippen LogP contribution in [0.2, 0.25) is 0 Å². The van der Waals surface area contributed by atoms with Crippen molar-refractivity contribution in [3.63, 3.8) is 0 Å². The van der Waals surface area contributed by atoms with Gasteiger partial charge in [-0.05, 0) is 19.9 Å². The standard InChI is InChI=1S/C12H12N2O/c1-4-9-5-10(7-13-6-9)11-14-12(2,3)8-15-11/h1,5-7H,8H2,2-3H3. The van der Waals surface area contributed by atoms with E-state index >= 15 is 0 Å². The van der Waals surface area contributed by atoms with Crippen molar-refractivity contribution in [2.24, 2.45) is 4.99 Å². The van der Waals surface area contributed by atoms with E-state index in [4.69, 9.17) is 11.2 Å². The van der Waals surface area contributed by atoms with E-state index in [1.807, 2.05) is 19.9 Å². The summed E-state index contributed by atoms with van der Waals surface area (Å²) in [6, 6.07) is 1.85. The number of aliphatic imine (C=N–C) groups is 1. The normalized spacial score (nSPS) is 17.8. The molecular formula is C12H12N2O. The van der Waals surface area contributed by atoms with Gasteiger partial charge in [-0.1, -0.05) is 5.92 Å². The van der Waals surface area contributed by atoms with Crippen LogP contribution in [0.5, 0.6) is 0 Å². The highest BCUT2D eigenvalue weighted by Gasteiger charge is 2.27. The maximum atomic E-state index is 5.50. The topological polar surface area (TPSA) is 34.5 Å². The quantitative estimate of drug-likeness (QED) is 0.645. The highest BCUT2D eigenvalue weighted by Crippen LogP contribution is 2.20. The Labute approximate surface area is 89.2 Å². The summed E-state index contributed by atoms with van der Waals surface area (Å²) in [5.41, 5.74) is 1.43. The molecule has 3 nitrogen and oxygen atoms in total. The number of hydrogen-bond acceptors (Lipinski definition) is 3. The average Bonchev–Trinajstić information content (AvgIpc) is 2.59. The highest BCUT2D eigenvalue weighted by atomic mass is 16.5. The fourth-order valence-corrected chi connectivity index (χ4v) is 1.37. The number of rotatable bonds is 1. The van der Waals surface area contributed by atoms with Crippen LogP contribution in [0.1, 0.15) is 25.0 Å². The zero-order valence-corrected chi connectivity index (χ0v) is 8.82. The van der Waals surface area contributed by atoms with E-state index in [2.05, 4.69) is 15.9 Å². The maximum absolute atomic E-state index is 5.50. The lowest BCUT2D eigenvalue weighted by molar-refractivity contribution is 0.279. The molecule has 15 heavy (non-hydrogen) atoms. The highest BCUT2D eigenvalue weighted by molar-refractivity contribution is 5.95.